The summed E-state index contributed by atoms with van der Waals surface area (Å²) in [6.07, 6.45) is 0. The average Bonchev–Trinajstić information content (AvgIpc) is 1.81. The molecule has 66 valence electrons. The van der Waals surface area contributed by atoms with Crippen molar-refractivity contribution in [3.8, 4) is 5.75 Å². The van der Waals surface area contributed by atoms with Gasteiger partial charge in [0.2, 0.25) is 0 Å². The van der Waals surface area contributed by atoms with Crippen molar-refractivity contribution >= 4 is 7.32 Å². The molecule has 0 saturated carbocycles. The van der Waals surface area contributed by atoms with Crippen LogP contribution in [0.15, 0.2) is 18.2 Å². The zero-order valence-electron chi connectivity index (χ0n) is 7.87. The van der Waals surface area contributed by atoms with E-state index in [1.165, 1.54) is 0 Å². The van der Waals surface area contributed by atoms with Crippen LogP contribution >= 0.6 is 0 Å². The normalized spacial score (nSPS) is 8.92. The molecule has 1 rings (SSSR count). The predicted octanol–water partition coefficient (Wildman–Crippen LogP) is -2.57. The molecule has 1 aromatic rings. The quantitative estimate of drug-likeness (QED) is 0.532. The molecule has 3 nitrogen and oxygen atoms in total. The van der Waals surface area contributed by atoms with Crippen LogP contribution in [0.3, 0.4) is 0 Å². The Bertz CT molecular complexity index is 270. The molecule has 0 aromatic heterocycles. The summed E-state index contributed by atoms with van der Waals surface area (Å²) in [5.74, 6) is -1.96. The van der Waals surface area contributed by atoms with Crippen LogP contribution in [0.5, 0.6) is 5.75 Å². The standard InChI is InChI=1S/C6H5BF2O3.K.H/c8-4-1-5(9)3-6(2-4)12-7(10)11;;/h1-3,10-11H;;/q;+1;-1. The number of rotatable bonds is 2. The van der Waals surface area contributed by atoms with E-state index in [9.17, 15) is 8.78 Å². The van der Waals surface area contributed by atoms with E-state index in [4.69, 9.17) is 10.0 Å². The fourth-order valence-corrected chi connectivity index (χ4v) is 0.718. The fraction of sp³-hybridized carbons (Fsp3) is 0. The molecule has 2 N–H and O–H groups in total. The topological polar surface area (TPSA) is 49.7 Å². The van der Waals surface area contributed by atoms with E-state index in [1.54, 1.807) is 0 Å². The maximum Gasteiger partial charge on any atom is 1.00 e. The van der Waals surface area contributed by atoms with Gasteiger partial charge in [-0.25, -0.2) is 8.78 Å². The van der Waals surface area contributed by atoms with Crippen molar-refractivity contribution in [3.63, 3.8) is 0 Å². The summed E-state index contributed by atoms with van der Waals surface area (Å²) < 4.78 is 29.0. The Morgan fingerprint density at radius 3 is 2.00 bits per heavy atom. The molecule has 0 amide bonds. The fourth-order valence-electron chi connectivity index (χ4n) is 0.718. The monoisotopic (exact) mass is 214 g/mol. The molecule has 13 heavy (non-hydrogen) atoms. The van der Waals surface area contributed by atoms with E-state index in [1.807, 2.05) is 0 Å². The van der Waals surface area contributed by atoms with Gasteiger partial charge < -0.3 is 16.1 Å². The first-order valence-electron chi connectivity index (χ1n) is 3.07. The zero-order chi connectivity index (χ0) is 9.14. The maximum atomic E-state index is 12.4. The van der Waals surface area contributed by atoms with E-state index in [0.717, 1.165) is 12.1 Å². The summed E-state index contributed by atoms with van der Waals surface area (Å²) in [5, 5.41) is 16.6. The van der Waals surface area contributed by atoms with Crippen LogP contribution in [-0.4, -0.2) is 17.4 Å². The Morgan fingerprint density at radius 2 is 1.62 bits per heavy atom. The van der Waals surface area contributed by atoms with Crippen LogP contribution in [0.1, 0.15) is 1.43 Å². The van der Waals surface area contributed by atoms with Gasteiger partial charge in [0.05, 0.1) is 0 Å². The molecule has 0 aliphatic carbocycles. The van der Waals surface area contributed by atoms with Crippen molar-refractivity contribution in [1.82, 2.24) is 0 Å². The second kappa shape index (κ2) is 6.07. The summed E-state index contributed by atoms with van der Waals surface area (Å²) in [6, 6.07) is 2.32. The maximum absolute atomic E-state index is 12.4. The van der Waals surface area contributed by atoms with Gasteiger partial charge in [0.1, 0.15) is 17.4 Å². The molecule has 0 aliphatic heterocycles. The second-order valence-corrected chi connectivity index (χ2v) is 2.05. The minimum Gasteiger partial charge on any atom is -1.00 e. The predicted molar refractivity (Wildman–Crippen MR) is 38.3 cm³/mol. The number of hydrogen-bond donors (Lipinski definition) is 2. The van der Waals surface area contributed by atoms with Gasteiger partial charge in [-0.05, 0) is 0 Å². The summed E-state index contributed by atoms with van der Waals surface area (Å²) in [7, 11) is -2.08. The second-order valence-electron chi connectivity index (χ2n) is 2.05. The molecule has 0 saturated heterocycles. The molecule has 0 spiro atoms. The summed E-state index contributed by atoms with van der Waals surface area (Å²) in [4.78, 5) is 0. The third kappa shape index (κ3) is 5.06. The molecule has 0 aliphatic rings. The molecule has 0 fully saturated rings. The molecule has 0 radical (unpaired) electrons. The Balaban J connectivity index is 0. The van der Waals surface area contributed by atoms with Crippen LogP contribution in [0.2, 0.25) is 0 Å². The van der Waals surface area contributed by atoms with E-state index < -0.39 is 19.0 Å². The average molecular weight is 214 g/mol. The molecule has 1 aromatic carbocycles. The molecule has 0 atom stereocenters. The van der Waals surface area contributed by atoms with Crippen molar-refractivity contribution in [2.24, 2.45) is 0 Å². The Hall–Kier alpha value is 0.501. The molecular weight excluding hydrogens is 208 g/mol. The summed E-state index contributed by atoms with van der Waals surface area (Å²) in [5.41, 5.74) is 0. The van der Waals surface area contributed by atoms with E-state index in [2.05, 4.69) is 4.65 Å². The number of halogens is 2. The van der Waals surface area contributed by atoms with Crippen LogP contribution in [-0.2, 0) is 0 Å². The van der Waals surface area contributed by atoms with Gasteiger partial charge in [-0.2, -0.15) is 0 Å². The van der Waals surface area contributed by atoms with Gasteiger partial charge in [0, 0.05) is 18.2 Å². The van der Waals surface area contributed by atoms with Crippen LogP contribution in [0.25, 0.3) is 0 Å². The van der Waals surface area contributed by atoms with Gasteiger partial charge in [0.15, 0.2) is 0 Å². The van der Waals surface area contributed by atoms with Crippen LogP contribution in [0.4, 0.5) is 8.78 Å². The van der Waals surface area contributed by atoms with Gasteiger partial charge in [-0.1, -0.05) is 0 Å². The Labute approximate surface area is 118 Å². The Kier molecular flexibility index (Phi) is 6.31. The van der Waals surface area contributed by atoms with Gasteiger partial charge in [-0.3, -0.25) is 0 Å². The van der Waals surface area contributed by atoms with Gasteiger partial charge in [-0.15, -0.1) is 0 Å². The smallest absolute Gasteiger partial charge is 1.00 e. The summed E-state index contributed by atoms with van der Waals surface area (Å²) >= 11 is 0. The first-order chi connectivity index (χ1) is 5.58. The molecule has 0 heterocycles. The minimum atomic E-state index is -2.08. The zero-order valence-corrected chi connectivity index (χ0v) is 9.99. The molecule has 7 heteroatoms. The SMILES string of the molecule is OB(O)Oc1cc(F)cc(F)c1.[H-].[K+]. The Morgan fingerprint density at radius 1 is 1.15 bits per heavy atom. The summed E-state index contributed by atoms with van der Waals surface area (Å²) in [6.45, 7) is 0. The third-order valence-electron chi connectivity index (χ3n) is 1.08. The van der Waals surface area contributed by atoms with Gasteiger partial charge in [0.25, 0.3) is 0 Å². The van der Waals surface area contributed by atoms with Crippen molar-refractivity contribution in [2.45, 2.75) is 0 Å². The molecule has 0 bridgehead atoms. The minimum absolute atomic E-state index is 0. The van der Waals surface area contributed by atoms with Crippen molar-refractivity contribution in [1.29, 1.82) is 0 Å². The third-order valence-corrected chi connectivity index (χ3v) is 1.08. The first kappa shape index (κ1) is 13.5. The van der Waals surface area contributed by atoms with Crippen molar-refractivity contribution in [2.75, 3.05) is 0 Å². The van der Waals surface area contributed by atoms with Gasteiger partial charge >= 0.3 is 58.7 Å². The van der Waals surface area contributed by atoms with Crippen LogP contribution < -0.4 is 56.0 Å². The molecule has 0 unspecified atom stereocenters. The van der Waals surface area contributed by atoms with Crippen molar-refractivity contribution < 1.29 is 76.3 Å². The van der Waals surface area contributed by atoms with Crippen LogP contribution in [0, 0.1) is 11.6 Å². The first-order valence-corrected chi connectivity index (χ1v) is 3.07. The van der Waals surface area contributed by atoms with E-state index >= 15 is 0 Å². The largest absolute Gasteiger partial charge is 1.00 e. The van der Waals surface area contributed by atoms with Crippen molar-refractivity contribution in [3.05, 3.63) is 29.8 Å². The number of benzene rings is 1. The number of hydrogen-bond acceptors (Lipinski definition) is 3. The van der Waals surface area contributed by atoms with E-state index in [0.29, 0.717) is 6.07 Å². The van der Waals surface area contributed by atoms with E-state index in [-0.39, 0.29) is 58.6 Å². The molecular formula is C6H6BF2KO3.